The van der Waals surface area contributed by atoms with E-state index >= 15 is 0 Å². The summed E-state index contributed by atoms with van der Waals surface area (Å²) in [6.07, 6.45) is 0.360. The van der Waals surface area contributed by atoms with E-state index in [2.05, 4.69) is 24.5 Å². The lowest BCUT2D eigenvalue weighted by molar-refractivity contribution is -0.143. The van der Waals surface area contributed by atoms with Crippen LogP contribution in [-0.4, -0.2) is 46.4 Å². The highest BCUT2D eigenvalue weighted by Crippen LogP contribution is 2.32. The number of primary amides is 1. The quantitative estimate of drug-likeness (QED) is 0.226. The molecule has 0 radical (unpaired) electrons. The number of amides is 4. The van der Waals surface area contributed by atoms with Crippen LogP contribution in [0.3, 0.4) is 0 Å². The molecule has 2 rings (SSSR count). The number of para-hydroxylation sites is 1. The molecule has 0 saturated carbocycles. The van der Waals surface area contributed by atoms with Crippen molar-refractivity contribution in [2.75, 3.05) is 5.32 Å². The normalized spacial score (nSPS) is 13.5. The van der Waals surface area contributed by atoms with Gasteiger partial charge in [-0.1, -0.05) is 55.8 Å². The Labute approximate surface area is 267 Å². The van der Waals surface area contributed by atoms with Gasteiger partial charge >= 0.3 is 6.09 Å². The van der Waals surface area contributed by atoms with Crippen molar-refractivity contribution in [3.05, 3.63) is 63.7 Å². The summed E-state index contributed by atoms with van der Waals surface area (Å²) in [4.78, 5) is 55.2. The second-order valence-corrected chi connectivity index (χ2v) is 13.3. The summed E-state index contributed by atoms with van der Waals surface area (Å²) < 4.78 is 5.44. The highest BCUT2D eigenvalue weighted by atomic mass is 35.5. The molecular weight excluding hydrogens is 580 g/mol. The molecular formula is C34H49ClN4O5. The molecule has 0 aliphatic rings. The van der Waals surface area contributed by atoms with Gasteiger partial charge in [0.25, 0.3) is 5.91 Å². The van der Waals surface area contributed by atoms with Crippen molar-refractivity contribution in [3.8, 4) is 0 Å². The van der Waals surface area contributed by atoms with Crippen LogP contribution in [0.15, 0.2) is 36.4 Å². The third-order valence-corrected chi connectivity index (χ3v) is 7.72. The van der Waals surface area contributed by atoms with E-state index in [9.17, 15) is 19.2 Å². The van der Waals surface area contributed by atoms with Crippen LogP contribution in [0.1, 0.15) is 95.5 Å². The summed E-state index contributed by atoms with van der Waals surface area (Å²) in [6, 6.07) is 8.28. The fraction of sp³-hybridized carbons (Fsp3) is 0.529. The van der Waals surface area contributed by atoms with Crippen molar-refractivity contribution in [3.63, 3.8) is 0 Å². The number of anilines is 1. The molecule has 0 fully saturated rings. The lowest BCUT2D eigenvalue weighted by Gasteiger charge is -2.39. The maximum absolute atomic E-state index is 14.6. The highest BCUT2D eigenvalue weighted by molar-refractivity contribution is 6.34. The highest BCUT2D eigenvalue weighted by Gasteiger charge is 2.39. The van der Waals surface area contributed by atoms with Gasteiger partial charge in [0.05, 0.1) is 10.7 Å². The summed E-state index contributed by atoms with van der Waals surface area (Å²) in [5, 5.41) is 6.00. The van der Waals surface area contributed by atoms with E-state index in [0.717, 1.165) is 23.1 Å². The summed E-state index contributed by atoms with van der Waals surface area (Å²) in [6.45, 7) is 17.0. The number of carbonyl (C=O) groups excluding carboxylic acids is 4. The second kappa shape index (κ2) is 15.9. The zero-order valence-electron chi connectivity index (χ0n) is 27.5. The molecule has 0 aliphatic heterocycles. The molecule has 3 unspecified atom stereocenters. The first kappa shape index (κ1) is 36.6. The minimum atomic E-state index is -1.18. The third kappa shape index (κ3) is 10.8. The molecule has 242 valence electrons. The van der Waals surface area contributed by atoms with E-state index in [1.165, 1.54) is 4.90 Å². The van der Waals surface area contributed by atoms with Crippen LogP contribution in [0.5, 0.6) is 0 Å². The van der Waals surface area contributed by atoms with Gasteiger partial charge < -0.3 is 26.0 Å². The van der Waals surface area contributed by atoms with Crippen molar-refractivity contribution in [1.29, 1.82) is 0 Å². The van der Waals surface area contributed by atoms with E-state index in [-0.39, 0.29) is 12.8 Å². The maximum Gasteiger partial charge on any atom is 0.408 e. The average Bonchev–Trinajstić information content (AvgIpc) is 2.90. The van der Waals surface area contributed by atoms with E-state index in [1.54, 1.807) is 32.9 Å². The first-order valence-electron chi connectivity index (χ1n) is 15.1. The Morgan fingerprint density at radius 2 is 1.59 bits per heavy atom. The number of halogens is 1. The summed E-state index contributed by atoms with van der Waals surface area (Å²) in [5.74, 6) is -1.26. The maximum atomic E-state index is 14.6. The lowest BCUT2D eigenvalue weighted by atomic mass is 9.94. The first-order valence-corrected chi connectivity index (χ1v) is 15.5. The summed E-state index contributed by atoms with van der Waals surface area (Å²) in [5.41, 5.74) is 8.44. The van der Waals surface area contributed by atoms with Crippen LogP contribution in [0.2, 0.25) is 5.02 Å². The number of rotatable bonds is 13. The van der Waals surface area contributed by atoms with Gasteiger partial charge in [0.15, 0.2) is 0 Å². The molecule has 0 bridgehead atoms. The monoisotopic (exact) mass is 628 g/mol. The topological polar surface area (TPSA) is 131 Å². The van der Waals surface area contributed by atoms with Crippen LogP contribution in [-0.2, 0) is 19.1 Å². The Morgan fingerprint density at radius 1 is 0.932 bits per heavy atom. The number of hydrogen-bond donors (Lipinski definition) is 3. The zero-order valence-corrected chi connectivity index (χ0v) is 28.3. The number of nitrogens with one attached hydrogen (secondary N) is 2. The predicted molar refractivity (Wildman–Crippen MR) is 175 cm³/mol. The predicted octanol–water partition coefficient (Wildman–Crippen LogP) is 6.76. The molecule has 3 atom stereocenters. The van der Waals surface area contributed by atoms with Gasteiger partial charge in [-0.15, -0.1) is 0 Å². The number of nitrogens with two attached hydrogens (primary N) is 1. The third-order valence-electron chi connectivity index (χ3n) is 7.40. The Kier molecular flexibility index (Phi) is 13.3. The molecule has 0 saturated heterocycles. The summed E-state index contributed by atoms with van der Waals surface area (Å²) >= 11 is 6.49. The van der Waals surface area contributed by atoms with Crippen molar-refractivity contribution < 1.29 is 23.9 Å². The lowest BCUT2D eigenvalue weighted by Crippen LogP contribution is -2.55. The van der Waals surface area contributed by atoms with Gasteiger partial charge in [0.2, 0.25) is 11.8 Å². The van der Waals surface area contributed by atoms with Crippen molar-refractivity contribution in [2.45, 2.75) is 112 Å². The summed E-state index contributed by atoms with van der Waals surface area (Å²) in [7, 11) is 0. The van der Waals surface area contributed by atoms with E-state index in [1.807, 2.05) is 52.0 Å². The van der Waals surface area contributed by atoms with Crippen LogP contribution in [0, 0.1) is 26.7 Å². The fourth-order valence-electron chi connectivity index (χ4n) is 4.84. The first-order chi connectivity index (χ1) is 20.4. The number of nitrogens with zero attached hydrogens (tertiary/aromatic N) is 1. The van der Waals surface area contributed by atoms with Gasteiger partial charge in [0.1, 0.15) is 17.7 Å². The Balaban J connectivity index is 2.72. The molecule has 0 heterocycles. The molecule has 2 aromatic carbocycles. The van der Waals surface area contributed by atoms with E-state index in [4.69, 9.17) is 22.1 Å². The van der Waals surface area contributed by atoms with Crippen LogP contribution < -0.4 is 16.4 Å². The standard InChI is InChI=1S/C34H49ClN4O5/c1-20(2)13-15-24(6)39(32(42)27(17-18-28(36)40)37-33(43)44-34(7,8)9)30(25-16-14-21(3)23(5)19-25)31(41)38-29-22(4)11-10-12-26(29)35/h10-12,14,16,19-20,24,27,30H,13,15,17-18H2,1-9H3,(H2,36,40)(H,37,43)(H,38,41). The van der Waals surface area contributed by atoms with Crippen LogP contribution in [0.4, 0.5) is 10.5 Å². The Bertz CT molecular complexity index is 1320. The fourth-order valence-corrected chi connectivity index (χ4v) is 5.11. The van der Waals surface area contributed by atoms with Gasteiger partial charge in [-0.2, -0.15) is 0 Å². The van der Waals surface area contributed by atoms with E-state index < -0.39 is 47.5 Å². The number of ether oxygens (including phenoxy) is 1. The van der Waals surface area contributed by atoms with Gasteiger partial charge in [-0.05, 0) is 102 Å². The molecule has 9 nitrogen and oxygen atoms in total. The molecule has 2 aromatic rings. The van der Waals surface area contributed by atoms with Gasteiger partial charge in [-0.3, -0.25) is 14.4 Å². The minimum absolute atomic E-state index is 0.0638. The molecule has 0 aliphatic carbocycles. The van der Waals surface area contributed by atoms with Gasteiger partial charge in [0, 0.05) is 12.5 Å². The molecule has 0 spiro atoms. The minimum Gasteiger partial charge on any atom is -0.444 e. The zero-order chi connectivity index (χ0) is 33.4. The number of benzene rings is 2. The van der Waals surface area contributed by atoms with Crippen molar-refractivity contribution in [2.24, 2.45) is 11.7 Å². The Hall–Kier alpha value is -3.59. The number of alkyl carbamates (subject to hydrolysis) is 1. The largest absolute Gasteiger partial charge is 0.444 e. The van der Waals surface area contributed by atoms with Crippen LogP contribution in [0.25, 0.3) is 0 Å². The number of hydrogen-bond acceptors (Lipinski definition) is 5. The SMILES string of the molecule is Cc1ccc(C(C(=O)Nc2c(C)cccc2Cl)N(C(=O)C(CCC(N)=O)NC(=O)OC(C)(C)C)C(C)CCC(C)C)cc1C. The molecule has 4 N–H and O–H groups in total. The Morgan fingerprint density at radius 3 is 2.14 bits per heavy atom. The van der Waals surface area contributed by atoms with Gasteiger partial charge in [-0.25, -0.2) is 4.79 Å². The number of aryl methyl sites for hydroxylation is 3. The molecule has 44 heavy (non-hydrogen) atoms. The average molecular weight is 629 g/mol. The van der Waals surface area contributed by atoms with Crippen molar-refractivity contribution >= 4 is 41.1 Å². The van der Waals surface area contributed by atoms with E-state index in [0.29, 0.717) is 28.6 Å². The molecule has 4 amide bonds. The molecule has 10 heteroatoms. The van der Waals surface area contributed by atoms with Crippen LogP contribution >= 0.6 is 11.6 Å². The smallest absolute Gasteiger partial charge is 0.408 e. The molecule has 0 aromatic heterocycles. The number of carbonyl (C=O) groups is 4. The van der Waals surface area contributed by atoms with Crippen molar-refractivity contribution in [1.82, 2.24) is 10.2 Å². The second-order valence-electron chi connectivity index (χ2n) is 12.9.